The first kappa shape index (κ1) is 15.6. The molecule has 10 heteroatoms. The Kier molecular flexibility index (Phi) is 3.88. The van der Waals surface area contributed by atoms with Gasteiger partial charge < -0.3 is 0 Å². The average molecular weight is 356 g/mol. The average Bonchev–Trinajstić information content (AvgIpc) is 3.20. The third kappa shape index (κ3) is 2.95. The molecule has 0 spiro atoms. The second-order valence-corrected chi connectivity index (χ2v) is 6.37. The molecular weight excluding hydrogens is 343 g/mol. The van der Waals surface area contributed by atoms with Crippen molar-refractivity contribution in [2.45, 2.75) is 24.8 Å². The van der Waals surface area contributed by atoms with Crippen LogP contribution in [0.2, 0.25) is 0 Å². The summed E-state index contributed by atoms with van der Waals surface area (Å²) < 4.78 is 16.6. The lowest BCUT2D eigenvalue weighted by molar-refractivity contribution is 0.626. The molecule has 0 aliphatic heterocycles. The SMILES string of the molecule is Cc1cc(C)n2c(SCc3nnnn3-c3ccc(F)cc3)nnc2n1. The van der Waals surface area contributed by atoms with E-state index >= 15 is 0 Å². The summed E-state index contributed by atoms with van der Waals surface area (Å²) in [6, 6.07) is 7.98. The maximum atomic E-state index is 13.1. The lowest BCUT2D eigenvalue weighted by Gasteiger charge is -2.05. The van der Waals surface area contributed by atoms with Crippen molar-refractivity contribution in [1.29, 1.82) is 0 Å². The van der Waals surface area contributed by atoms with Crippen LogP contribution in [0.1, 0.15) is 17.2 Å². The van der Waals surface area contributed by atoms with E-state index in [1.807, 2.05) is 24.3 Å². The van der Waals surface area contributed by atoms with Crippen molar-refractivity contribution in [3.8, 4) is 5.69 Å². The highest BCUT2D eigenvalue weighted by atomic mass is 32.2. The Bertz CT molecular complexity index is 1040. The topological polar surface area (TPSA) is 86.7 Å². The van der Waals surface area contributed by atoms with Crippen LogP contribution in [-0.4, -0.2) is 39.8 Å². The van der Waals surface area contributed by atoms with Crippen LogP contribution in [0.15, 0.2) is 35.5 Å². The maximum absolute atomic E-state index is 13.1. The minimum absolute atomic E-state index is 0.305. The van der Waals surface area contributed by atoms with Crippen molar-refractivity contribution >= 4 is 17.5 Å². The van der Waals surface area contributed by atoms with Gasteiger partial charge in [0.15, 0.2) is 11.0 Å². The standard InChI is InChI=1S/C15H13FN8S/c1-9-7-10(2)23-14(17-9)19-20-15(23)25-8-13-18-21-22-24(13)12-5-3-11(16)4-6-12/h3-7H,8H2,1-2H3. The Hall–Kier alpha value is -2.88. The summed E-state index contributed by atoms with van der Waals surface area (Å²) in [4.78, 5) is 4.37. The van der Waals surface area contributed by atoms with E-state index in [0.29, 0.717) is 28.2 Å². The third-order valence-electron chi connectivity index (χ3n) is 3.60. The first-order valence-corrected chi connectivity index (χ1v) is 8.46. The van der Waals surface area contributed by atoms with E-state index in [4.69, 9.17) is 0 Å². The fourth-order valence-electron chi connectivity index (χ4n) is 2.50. The van der Waals surface area contributed by atoms with Crippen LogP contribution in [0, 0.1) is 19.7 Å². The van der Waals surface area contributed by atoms with Crippen LogP contribution in [0.4, 0.5) is 4.39 Å². The van der Waals surface area contributed by atoms with Gasteiger partial charge >= 0.3 is 0 Å². The molecule has 1 aromatic carbocycles. The Balaban J connectivity index is 1.61. The molecule has 3 aromatic heterocycles. The molecule has 4 aromatic rings. The van der Waals surface area contributed by atoms with Crippen LogP contribution in [0.25, 0.3) is 11.5 Å². The number of aryl methyl sites for hydroxylation is 2. The quantitative estimate of drug-likeness (QED) is 0.518. The van der Waals surface area contributed by atoms with E-state index in [1.165, 1.54) is 23.9 Å². The van der Waals surface area contributed by atoms with Gasteiger partial charge in [0.25, 0.3) is 5.78 Å². The molecule has 25 heavy (non-hydrogen) atoms. The molecule has 0 amide bonds. The number of halogens is 1. The van der Waals surface area contributed by atoms with Crippen LogP contribution in [-0.2, 0) is 5.75 Å². The van der Waals surface area contributed by atoms with E-state index in [0.717, 1.165) is 11.4 Å². The van der Waals surface area contributed by atoms with Crippen LogP contribution < -0.4 is 0 Å². The number of nitrogens with zero attached hydrogens (tertiary/aromatic N) is 8. The summed E-state index contributed by atoms with van der Waals surface area (Å²) in [5.41, 5.74) is 2.60. The molecule has 0 saturated heterocycles. The number of benzene rings is 1. The second kappa shape index (κ2) is 6.20. The summed E-state index contributed by atoms with van der Waals surface area (Å²) in [6.45, 7) is 3.91. The number of hydrogen-bond donors (Lipinski definition) is 0. The normalized spacial score (nSPS) is 11.3. The van der Waals surface area contributed by atoms with Gasteiger partial charge in [-0.3, -0.25) is 4.40 Å². The van der Waals surface area contributed by atoms with Crippen molar-refractivity contribution < 1.29 is 4.39 Å². The zero-order chi connectivity index (χ0) is 17.4. The van der Waals surface area contributed by atoms with Crippen molar-refractivity contribution in [2.24, 2.45) is 0 Å². The largest absolute Gasteiger partial charge is 0.259 e. The summed E-state index contributed by atoms with van der Waals surface area (Å²) in [5.74, 6) is 1.38. The number of hydrogen-bond acceptors (Lipinski definition) is 7. The minimum Gasteiger partial charge on any atom is -0.259 e. The van der Waals surface area contributed by atoms with E-state index in [1.54, 1.807) is 16.8 Å². The smallest absolute Gasteiger partial charge is 0.256 e. The molecular formula is C15H13FN8S. The van der Waals surface area contributed by atoms with Gasteiger partial charge in [-0.15, -0.1) is 15.3 Å². The number of rotatable bonds is 4. The van der Waals surface area contributed by atoms with Gasteiger partial charge in [-0.2, -0.15) is 4.68 Å². The molecule has 0 aliphatic carbocycles. The van der Waals surface area contributed by atoms with E-state index < -0.39 is 0 Å². The summed E-state index contributed by atoms with van der Waals surface area (Å²) in [5, 5.41) is 20.8. The molecule has 0 N–H and O–H groups in total. The lowest BCUT2D eigenvalue weighted by atomic mass is 10.3. The first-order chi connectivity index (χ1) is 12.1. The Morgan fingerprint density at radius 3 is 2.68 bits per heavy atom. The van der Waals surface area contributed by atoms with E-state index in [2.05, 4.69) is 30.7 Å². The van der Waals surface area contributed by atoms with Crippen molar-refractivity contribution in [3.63, 3.8) is 0 Å². The zero-order valence-corrected chi connectivity index (χ0v) is 14.3. The molecule has 3 heterocycles. The predicted molar refractivity (Wildman–Crippen MR) is 88.9 cm³/mol. The molecule has 0 fully saturated rings. The highest BCUT2D eigenvalue weighted by Crippen LogP contribution is 2.22. The van der Waals surface area contributed by atoms with Crippen molar-refractivity contribution in [2.75, 3.05) is 0 Å². The van der Waals surface area contributed by atoms with Gasteiger partial charge in [0.1, 0.15) is 5.82 Å². The molecule has 0 unspecified atom stereocenters. The Morgan fingerprint density at radius 2 is 1.88 bits per heavy atom. The molecule has 0 atom stereocenters. The Labute approximate surface area is 146 Å². The van der Waals surface area contributed by atoms with Crippen molar-refractivity contribution in [3.05, 3.63) is 53.4 Å². The number of thioether (sulfide) groups is 1. The van der Waals surface area contributed by atoms with E-state index in [-0.39, 0.29) is 5.82 Å². The fraction of sp³-hybridized carbons (Fsp3) is 0.200. The summed E-state index contributed by atoms with van der Waals surface area (Å²) in [6.07, 6.45) is 0. The summed E-state index contributed by atoms with van der Waals surface area (Å²) >= 11 is 1.46. The van der Waals surface area contributed by atoms with Crippen molar-refractivity contribution in [1.82, 2.24) is 39.8 Å². The predicted octanol–water partition coefficient (Wildman–Crippen LogP) is 2.15. The third-order valence-corrected chi connectivity index (χ3v) is 4.52. The van der Waals surface area contributed by atoms with Crippen LogP contribution in [0.5, 0.6) is 0 Å². The Morgan fingerprint density at radius 1 is 1.08 bits per heavy atom. The summed E-state index contributed by atoms with van der Waals surface area (Å²) in [7, 11) is 0. The van der Waals surface area contributed by atoms with Gasteiger partial charge in [-0.25, -0.2) is 9.37 Å². The van der Waals surface area contributed by atoms with Gasteiger partial charge in [-0.05, 0) is 54.6 Å². The highest BCUT2D eigenvalue weighted by Gasteiger charge is 2.14. The van der Waals surface area contributed by atoms with Gasteiger partial charge in [-0.1, -0.05) is 11.8 Å². The molecule has 8 nitrogen and oxygen atoms in total. The number of aromatic nitrogens is 8. The first-order valence-electron chi connectivity index (χ1n) is 7.47. The van der Waals surface area contributed by atoms with Crippen LogP contribution in [0.3, 0.4) is 0 Å². The molecule has 0 bridgehead atoms. The van der Waals surface area contributed by atoms with Gasteiger partial charge in [0, 0.05) is 11.4 Å². The molecule has 0 aliphatic rings. The zero-order valence-electron chi connectivity index (χ0n) is 13.5. The molecule has 4 rings (SSSR count). The molecule has 0 radical (unpaired) electrons. The fourth-order valence-corrected chi connectivity index (χ4v) is 3.39. The monoisotopic (exact) mass is 356 g/mol. The highest BCUT2D eigenvalue weighted by molar-refractivity contribution is 7.98. The number of fused-ring (bicyclic) bond motifs is 1. The lowest BCUT2D eigenvalue weighted by Crippen LogP contribution is -2.03. The molecule has 0 saturated carbocycles. The van der Waals surface area contributed by atoms with Crippen LogP contribution >= 0.6 is 11.8 Å². The molecule has 126 valence electrons. The minimum atomic E-state index is -0.305. The van der Waals surface area contributed by atoms with E-state index in [9.17, 15) is 4.39 Å². The second-order valence-electron chi connectivity index (χ2n) is 5.43. The number of tetrazole rings is 1. The van der Waals surface area contributed by atoms with Gasteiger partial charge in [0.05, 0.1) is 11.4 Å². The maximum Gasteiger partial charge on any atom is 0.256 e. The van der Waals surface area contributed by atoms with Gasteiger partial charge in [0.2, 0.25) is 0 Å².